The molecule has 16 heavy (non-hydrogen) atoms. The third-order valence-electron chi connectivity index (χ3n) is 2.64. The summed E-state index contributed by atoms with van der Waals surface area (Å²) in [7, 11) is 0. The minimum Gasteiger partial charge on any atom is -0.375 e. The van der Waals surface area contributed by atoms with Crippen molar-refractivity contribution in [3.05, 3.63) is 23.2 Å². The van der Waals surface area contributed by atoms with Crippen molar-refractivity contribution < 1.29 is 0 Å². The molecule has 1 aliphatic rings. The van der Waals surface area contributed by atoms with Crippen LogP contribution in [0.3, 0.4) is 0 Å². The molecule has 0 bridgehead atoms. The summed E-state index contributed by atoms with van der Waals surface area (Å²) in [6, 6.07) is 0. The van der Waals surface area contributed by atoms with Crippen molar-refractivity contribution >= 4 is 16.5 Å². The molecule has 0 spiro atoms. The van der Waals surface area contributed by atoms with Gasteiger partial charge in [-0.1, -0.05) is 0 Å². The van der Waals surface area contributed by atoms with E-state index >= 15 is 0 Å². The van der Waals surface area contributed by atoms with Crippen LogP contribution in [-0.2, 0) is 19.6 Å². The van der Waals surface area contributed by atoms with E-state index in [1.54, 1.807) is 17.7 Å². The lowest BCUT2D eigenvalue weighted by atomic mass is 10.3. The van der Waals surface area contributed by atoms with Gasteiger partial charge >= 0.3 is 0 Å². The van der Waals surface area contributed by atoms with E-state index in [-0.39, 0.29) is 0 Å². The normalized spacial score (nSPS) is 16.2. The van der Waals surface area contributed by atoms with Crippen molar-refractivity contribution in [2.45, 2.75) is 19.6 Å². The standard InChI is InChI=1S/C9H12N6S/c10-9-11-3-7(16-9)4-14-1-2-15-8(5-14)12-6-13-15/h3,6H,1-2,4-5H2,(H2,10,11). The summed E-state index contributed by atoms with van der Waals surface area (Å²) in [5.74, 6) is 1.03. The first kappa shape index (κ1) is 9.73. The lowest BCUT2D eigenvalue weighted by Crippen LogP contribution is -2.33. The number of aromatic nitrogens is 4. The van der Waals surface area contributed by atoms with Gasteiger partial charge in [-0.2, -0.15) is 5.10 Å². The minimum atomic E-state index is 0.634. The topological polar surface area (TPSA) is 72.9 Å². The van der Waals surface area contributed by atoms with Gasteiger partial charge in [-0.05, 0) is 0 Å². The highest BCUT2D eigenvalue weighted by Gasteiger charge is 2.18. The highest BCUT2D eigenvalue weighted by Crippen LogP contribution is 2.18. The van der Waals surface area contributed by atoms with Crippen molar-refractivity contribution in [3.63, 3.8) is 0 Å². The molecule has 0 atom stereocenters. The second kappa shape index (κ2) is 3.84. The molecule has 0 aromatic carbocycles. The fraction of sp³-hybridized carbons (Fsp3) is 0.444. The maximum Gasteiger partial charge on any atom is 0.180 e. The first-order valence-corrected chi connectivity index (χ1v) is 5.92. The summed E-state index contributed by atoms with van der Waals surface area (Å²) in [5, 5.41) is 4.79. The largest absolute Gasteiger partial charge is 0.375 e. The van der Waals surface area contributed by atoms with Crippen LogP contribution in [0.25, 0.3) is 0 Å². The highest BCUT2D eigenvalue weighted by molar-refractivity contribution is 7.15. The molecular weight excluding hydrogens is 224 g/mol. The maximum atomic E-state index is 5.61. The number of hydrogen-bond acceptors (Lipinski definition) is 6. The summed E-state index contributed by atoms with van der Waals surface area (Å²) >= 11 is 1.55. The van der Waals surface area contributed by atoms with Crippen molar-refractivity contribution in [3.8, 4) is 0 Å². The number of hydrogen-bond donors (Lipinski definition) is 1. The monoisotopic (exact) mass is 236 g/mol. The second-order valence-electron chi connectivity index (χ2n) is 3.77. The molecule has 6 nitrogen and oxygen atoms in total. The van der Waals surface area contributed by atoms with Crippen molar-refractivity contribution in [2.24, 2.45) is 0 Å². The van der Waals surface area contributed by atoms with E-state index < -0.39 is 0 Å². The van der Waals surface area contributed by atoms with E-state index in [4.69, 9.17) is 5.73 Å². The Hall–Kier alpha value is -1.47. The third-order valence-corrected chi connectivity index (χ3v) is 3.45. The molecule has 0 aliphatic carbocycles. The lowest BCUT2D eigenvalue weighted by molar-refractivity contribution is 0.203. The fourth-order valence-electron chi connectivity index (χ4n) is 1.86. The zero-order valence-electron chi connectivity index (χ0n) is 8.70. The second-order valence-corrected chi connectivity index (χ2v) is 4.92. The Bertz CT molecular complexity index is 490. The number of anilines is 1. The minimum absolute atomic E-state index is 0.634. The van der Waals surface area contributed by atoms with Gasteiger partial charge in [-0.3, -0.25) is 4.90 Å². The van der Waals surface area contributed by atoms with Gasteiger partial charge in [0.2, 0.25) is 0 Å². The van der Waals surface area contributed by atoms with E-state index in [0.29, 0.717) is 5.13 Å². The van der Waals surface area contributed by atoms with Crippen LogP contribution in [-0.4, -0.2) is 31.2 Å². The number of nitrogens with zero attached hydrogens (tertiary/aromatic N) is 5. The summed E-state index contributed by atoms with van der Waals surface area (Å²) in [5.41, 5.74) is 5.61. The molecule has 0 amide bonds. The van der Waals surface area contributed by atoms with Crippen molar-refractivity contribution in [2.75, 3.05) is 12.3 Å². The highest BCUT2D eigenvalue weighted by atomic mass is 32.1. The first-order chi connectivity index (χ1) is 7.81. The van der Waals surface area contributed by atoms with E-state index in [9.17, 15) is 0 Å². The predicted octanol–water partition coefficient (Wildman–Crippen LogP) is 0.333. The summed E-state index contributed by atoms with van der Waals surface area (Å²) in [6.07, 6.45) is 3.46. The zero-order chi connectivity index (χ0) is 11.0. The molecule has 2 aromatic heterocycles. The molecular formula is C9H12N6S. The van der Waals surface area contributed by atoms with Gasteiger partial charge in [0, 0.05) is 24.2 Å². The summed E-state index contributed by atoms with van der Waals surface area (Å²) < 4.78 is 1.96. The molecule has 3 heterocycles. The average molecular weight is 236 g/mol. The number of rotatable bonds is 2. The predicted molar refractivity (Wildman–Crippen MR) is 60.7 cm³/mol. The molecule has 1 aliphatic heterocycles. The molecule has 0 radical (unpaired) electrons. The fourth-order valence-corrected chi connectivity index (χ4v) is 2.59. The third kappa shape index (κ3) is 1.79. The number of thiazole rings is 1. The van der Waals surface area contributed by atoms with Crippen molar-refractivity contribution in [1.29, 1.82) is 0 Å². The van der Waals surface area contributed by atoms with Gasteiger partial charge in [-0.15, -0.1) is 11.3 Å². The van der Waals surface area contributed by atoms with Crippen LogP contribution >= 0.6 is 11.3 Å². The Balaban J connectivity index is 1.70. The Morgan fingerprint density at radius 1 is 1.38 bits per heavy atom. The Kier molecular flexibility index (Phi) is 2.33. The van der Waals surface area contributed by atoms with E-state index in [0.717, 1.165) is 32.0 Å². The van der Waals surface area contributed by atoms with Gasteiger partial charge < -0.3 is 5.73 Å². The van der Waals surface area contributed by atoms with Crippen molar-refractivity contribution in [1.82, 2.24) is 24.6 Å². The first-order valence-electron chi connectivity index (χ1n) is 5.10. The van der Waals surface area contributed by atoms with E-state index in [1.165, 1.54) is 4.88 Å². The zero-order valence-corrected chi connectivity index (χ0v) is 9.52. The van der Waals surface area contributed by atoms with Crippen LogP contribution in [0.5, 0.6) is 0 Å². The molecule has 3 rings (SSSR count). The van der Waals surface area contributed by atoms with Crippen LogP contribution in [0, 0.1) is 0 Å². The van der Waals surface area contributed by atoms with E-state index in [1.807, 2.05) is 10.9 Å². The smallest absolute Gasteiger partial charge is 0.180 e. The maximum absolute atomic E-state index is 5.61. The number of nitrogen functional groups attached to an aromatic ring is 1. The Labute approximate surface area is 96.7 Å². The van der Waals surface area contributed by atoms with Crippen LogP contribution in [0.1, 0.15) is 10.7 Å². The SMILES string of the molecule is Nc1ncc(CN2CCn3ncnc3C2)s1. The van der Waals surface area contributed by atoms with Gasteiger partial charge in [0.1, 0.15) is 12.2 Å². The molecule has 0 saturated carbocycles. The molecule has 0 saturated heterocycles. The summed E-state index contributed by atoms with van der Waals surface area (Å²) in [4.78, 5) is 11.8. The summed E-state index contributed by atoms with van der Waals surface area (Å²) in [6.45, 7) is 3.64. The molecule has 0 fully saturated rings. The number of fused-ring (bicyclic) bond motifs is 1. The van der Waals surface area contributed by atoms with Gasteiger partial charge in [0.25, 0.3) is 0 Å². The quantitative estimate of drug-likeness (QED) is 0.813. The van der Waals surface area contributed by atoms with Gasteiger partial charge in [0.05, 0.1) is 13.1 Å². The van der Waals surface area contributed by atoms with Crippen LogP contribution in [0.2, 0.25) is 0 Å². The average Bonchev–Trinajstić information content (AvgIpc) is 2.87. The van der Waals surface area contributed by atoms with Crippen LogP contribution in [0.4, 0.5) is 5.13 Å². The van der Waals surface area contributed by atoms with Gasteiger partial charge in [0.15, 0.2) is 5.13 Å². The lowest BCUT2D eigenvalue weighted by Gasteiger charge is -2.25. The van der Waals surface area contributed by atoms with Crippen LogP contribution < -0.4 is 5.73 Å². The molecule has 2 N–H and O–H groups in total. The van der Waals surface area contributed by atoms with Crippen LogP contribution in [0.15, 0.2) is 12.5 Å². The molecule has 7 heteroatoms. The Morgan fingerprint density at radius 3 is 3.12 bits per heavy atom. The number of nitrogens with two attached hydrogens (primary N) is 1. The molecule has 84 valence electrons. The van der Waals surface area contributed by atoms with E-state index in [2.05, 4.69) is 20.0 Å². The molecule has 0 unspecified atom stereocenters. The molecule has 2 aromatic rings. The van der Waals surface area contributed by atoms with Gasteiger partial charge in [-0.25, -0.2) is 14.6 Å². The Morgan fingerprint density at radius 2 is 2.31 bits per heavy atom.